The number of hydrogen-bond donors (Lipinski definition) is 2. The number of nitrogens with one attached hydrogen (secondary N) is 2. The van der Waals surface area contributed by atoms with E-state index in [1.54, 1.807) is 6.07 Å². The largest absolute Gasteiger partial charge is 0.309 e. The van der Waals surface area contributed by atoms with E-state index in [4.69, 9.17) is 0 Å². The highest BCUT2D eigenvalue weighted by Gasteiger charge is 2.15. The summed E-state index contributed by atoms with van der Waals surface area (Å²) in [4.78, 5) is 24.1. The zero-order valence-electron chi connectivity index (χ0n) is 13.4. The molecule has 1 atom stereocenters. The van der Waals surface area contributed by atoms with Crippen molar-refractivity contribution in [1.82, 2.24) is 25.1 Å². The molecule has 124 valence electrons. The second-order valence-corrected chi connectivity index (χ2v) is 6.87. The molecule has 0 unspecified atom stereocenters. The first kappa shape index (κ1) is 15.6. The van der Waals surface area contributed by atoms with E-state index >= 15 is 0 Å². The normalized spacial score (nSPS) is 12.4. The number of nitrogens with zero attached hydrogens (tertiary/aromatic N) is 3. The van der Waals surface area contributed by atoms with Gasteiger partial charge in [-0.1, -0.05) is 54.2 Å². The van der Waals surface area contributed by atoms with Crippen LogP contribution < -0.4 is 5.56 Å². The van der Waals surface area contributed by atoms with Crippen LogP contribution in [0.1, 0.15) is 18.0 Å². The molecule has 7 heteroatoms. The van der Waals surface area contributed by atoms with Crippen molar-refractivity contribution in [3.05, 3.63) is 70.8 Å². The van der Waals surface area contributed by atoms with Crippen LogP contribution in [0, 0.1) is 0 Å². The van der Waals surface area contributed by atoms with Gasteiger partial charge in [-0.15, -0.1) is 5.10 Å². The molecule has 2 N–H and O–H groups in total. The van der Waals surface area contributed by atoms with Gasteiger partial charge in [-0.3, -0.25) is 9.89 Å². The average molecular weight is 349 g/mol. The Bertz CT molecular complexity index is 1070. The Hall–Kier alpha value is -2.93. The lowest BCUT2D eigenvalue weighted by molar-refractivity contribution is 0.904. The summed E-state index contributed by atoms with van der Waals surface area (Å²) in [5.74, 6) is 1.33. The van der Waals surface area contributed by atoms with Gasteiger partial charge in [0.15, 0.2) is 5.82 Å². The van der Waals surface area contributed by atoms with Crippen molar-refractivity contribution < 1.29 is 0 Å². The zero-order valence-corrected chi connectivity index (χ0v) is 14.2. The maximum Gasteiger partial charge on any atom is 0.258 e. The van der Waals surface area contributed by atoms with Crippen molar-refractivity contribution in [2.75, 3.05) is 0 Å². The minimum Gasteiger partial charge on any atom is -0.309 e. The summed E-state index contributed by atoms with van der Waals surface area (Å²) >= 11 is 1.44. The average Bonchev–Trinajstić information content (AvgIpc) is 3.11. The molecule has 4 aromatic rings. The van der Waals surface area contributed by atoms with Crippen LogP contribution in [-0.2, 0) is 0 Å². The highest BCUT2D eigenvalue weighted by Crippen LogP contribution is 2.31. The lowest BCUT2D eigenvalue weighted by Gasteiger charge is -2.08. The first-order valence-electron chi connectivity index (χ1n) is 7.84. The summed E-state index contributed by atoms with van der Waals surface area (Å²) in [6, 6.07) is 17.1. The summed E-state index contributed by atoms with van der Waals surface area (Å²) in [6.45, 7) is 1.97. The molecule has 2 heterocycles. The van der Waals surface area contributed by atoms with Crippen molar-refractivity contribution in [3.63, 3.8) is 0 Å². The fourth-order valence-corrected chi connectivity index (χ4v) is 3.32. The van der Waals surface area contributed by atoms with Gasteiger partial charge in [0.05, 0.1) is 16.2 Å². The molecule has 0 aliphatic rings. The first-order chi connectivity index (χ1) is 12.2. The molecule has 0 fully saturated rings. The topological polar surface area (TPSA) is 87.3 Å². The third-order valence-corrected chi connectivity index (χ3v) is 4.78. The van der Waals surface area contributed by atoms with Gasteiger partial charge in [0.1, 0.15) is 5.82 Å². The van der Waals surface area contributed by atoms with Crippen molar-refractivity contribution >= 4 is 22.7 Å². The molecule has 6 nitrogen and oxygen atoms in total. The monoisotopic (exact) mass is 349 g/mol. The van der Waals surface area contributed by atoms with Gasteiger partial charge in [0.2, 0.25) is 5.16 Å². The summed E-state index contributed by atoms with van der Waals surface area (Å²) in [5.41, 5.74) is 1.54. The SMILES string of the molecule is C[C@H](Sc1n[nH]c(-c2ccccc2)n1)c1nc2ccccc2c(=O)[nH]1. The number of rotatable bonds is 4. The Morgan fingerprint density at radius 3 is 2.60 bits per heavy atom. The van der Waals surface area contributed by atoms with Crippen LogP contribution in [0.25, 0.3) is 22.3 Å². The lowest BCUT2D eigenvalue weighted by Crippen LogP contribution is -2.12. The summed E-state index contributed by atoms with van der Waals surface area (Å²) in [7, 11) is 0. The molecule has 0 amide bonds. The third kappa shape index (κ3) is 3.18. The molecular weight excluding hydrogens is 334 g/mol. The zero-order chi connectivity index (χ0) is 17.2. The van der Waals surface area contributed by atoms with Crippen LogP contribution in [0.2, 0.25) is 0 Å². The van der Waals surface area contributed by atoms with Crippen LogP contribution in [0.4, 0.5) is 0 Å². The summed E-state index contributed by atoms with van der Waals surface area (Å²) in [6.07, 6.45) is 0. The Morgan fingerprint density at radius 2 is 1.76 bits per heavy atom. The van der Waals surface area contributed by atoms with Crippen molar-refractivity contribution in [2.24, 2.45) is 0 Å². The van der Waals surface area contributed by atoms with Gasteiger partial charge >= 0.3 is 0 Å². The lowest BCUT2D eigenvalue weighted by atomic mass is 10.2. The fraction of sp³-hybridized carbons (Fsp3) is 0.111. The molecule has 0 radical (unpaired) electrons. The highest BCUT2D eigenvalue weighted by molar-refractivity contribution is 7.99. The molecule has 2 aromatic carbocycles. The Kier molecular flexibility index (Phi) is 4.07. The Morgan fingerprint density at radius 1 is 1.00 bits per heavy atom. The number of benzene rings is 2. The minimum atomic E-state index is -0.131. The summed E-state index contributed by atoms with van der Waals surface area (Å²) in [5, 5.41) is 8.31. The quantitative estimate of drug-likeness (QED) is 0.550. The number of para-hydroxylation sites is 1. The van der Waals surface area contributed by atoms with Gasteiger partial charge in [0, 0.05) is 5.56 Å². The van der Waals surface area contributed by atoms with Gasteiger partial charge < -0.3 is 4.98 Å². The predicted octanol–water partition coefficient (Wildman–Crippen LogP) is 3.56. The Labute approximate surface area is 147 Å². The van der Waals surface area contributed by atoms with Crippen molar-refractivity contribution in [1.29, 1.82) is 0 Å². The molecule has 0 bridgehead atoms. The number of H-pyrrole nitrogens is 2. The molecule has 0 spiro atoms. The van der Waals surface area contributed by atoms with Crippen molar-refractivity contribution in [2.45, 2.75) is 17.3 Å². The van der Waals surface area contributed by atoms with E-state index in [1.165, 1.54) is 11.8 Å². The second kappa shape index (κ2) is 6.52. The van der Waals surface area contributed by atoms with E-state index in [1.807, 2.05) is 55.5 Å². The highest BCUT2D eigenvalue weighted by atomic mass is 32.2. The number of aromatic nitrogens is 5. The molecular formula is C18H15N5OS. The Balaban J connectivity index is 1.59. The van der Waals surface area contributed by atoms with Crippen LogP contribution in [0.3, 0.4) is 0 Å². The predicted molar refractivity (Wildman–Crippen MR) is 98.5 cm³/mol. The van der Waals surface area contributed by atoms with E-state index in [2.05, 4.69) is 25.1 Å². The van der Waals surface area contributed by atoms with Gasteiger partial charge in [0.25, 0.3) is 5.56 Å². The maximum atomic E-state index is 12.2. The molecule has 0 aliphatic carbocycles. The first-order valence-corrected chi connectivity index (χ1v) is 8.72. The van der Waals surface area contributed by atoms with Crippen LogP contribution in [0.5, 0.6) is 0 Å². The molecule has 2 aromatic heterocycles. The minimum absolute atomic E-state index is 0.0864. The molecule has 0 saturated heterocycles. The molecule has 0 saturated carbocycles. The van der Waals surface area contributed by atoms with E-state index in [0.29, 0.717) is 21.9 Å². The van der Waals surface area contributed by atoms with E-state index < -0.39 is 0 Å². The maximum absolute atomic E-state index is 12.2. The van der Waals surface area contributed by atoms with Gasteiger partial charge in [-0.2, -0.15) is 0 Å². The second-order valence-electron chi connectivity index (χ2n) is 5.56. The fourth-order valence-electron chi connectivity index (χ4n) is 2.54. The van der Waals surface area contributed by atoms with E-state index in [0.717, 1.165) is 11.4 Å². The van der Waals surface area contributed by atoms with E-state index in [-0.39, 0.29) is 10.8 Å². The van der Waals surface area contributed by atoms with Gasteiger partial charge in [-0.25, -0.2) is 9.97 Å². The van der Waals surface area contributed by atoms with E-state index in [9.17, 15) is 4.79 Å². The molecule has 4 rings (SSSR count). The molecule has 25 heavy (non-hydrogen) atoms. The number of aromatic amines is 2. The van der Waals surface area contributed by atoms with Crippen LogP contribution in [-0.4, -0.2) is 25.1 Å². The smallest absolute Gasteiger partial charge is 0.258 e. The summed E-state index contributed by atoms with van der Waals surface area (Å²) < 4.78 is 0. The number of hydrogen-bond acceptors (Lipinski definition) is 5. The van der Waals surface area contributed by atoms with Crippen LogP contribution in [0.15, 0.2) is 64.5 Å². The number of fused-ring (bicyclic) bond motifs is 1. The number of thioether (sulfide) groups is 1. The standard InChI is InChI=1S/C18H15N5OS/c1-11(15-19-14-10-6-5-9-13(14)17(24)20-15)25-18-21-16(22-23-18)12-7-3-2-4-8-12/h2-11H,1H3,(H,19,20,24)(H,21,22,23)/t11-/m0/s1. The third-order valence-electron chi connectivity index (χ3n) is 3.81. The van der Waals surface area contributed by atoms with Crippen molar-refractivity contribution in [3.8, 4) is 11.4 Å². The molecule has 0 aliphatic heterocycles. The van der Waals surface area contributed by atoms with Crippen LogP contribution >= 0.6 is 11.8 Å². The van der Waals surface area contributed by atoms with Gasteiger partial charge in [-0.05, 0) is 19.1 Å².